The van der Waals surface area contributed by atoms with Crippen molar-refractivity contribution in [1.82, 2.24) is 4.90 Å². The zero-order valence-electron chi connectivity index (χ0n) is 12.8. The molecule has 4 nitrogen and oxygen atoms in total. The van der Waals surface area contributed by atoms with Gasteiger partial charge in [-0.15, -0.1) is 0 Å². The number of nitrogens with zero attached hydrogens (tertiary/aromatic N) is 1. The van der Waals surface area contributed by atoms with E-state index in [-0.39, 0.29) is 5.91 Å². The molecule has 112 valence electrons. The molecular formula is C17H22N2O2. The molecule has 1 aromatic heterocycles. The minimum atomic E-state index is -0.0265. The third kappa shape index (κ3) is 4.76. The van der Waals surface area contributed by atoms with E-state index in [2.05, 4.69) is 19.2 Å². The molecule has 1 heterocycles. The number of amides is 1. The van der Waals surface area contributed by atoms with Gasteiger partial charge in [-0.3, -0.25) is 9.69 Å². The zero-order valence-corrected chi connectivity index (χ0v) is 12.8. The number of carbonyl (C=O) groups is 1. The summed E-state index contributed by atoms with van der Waals surface area (Å²) in [5, 5.41) is 2.91. The first-order chi connectivity index (χ1) is 10.0. The topological polar surface area (TPSA) is 45.5 Å². The highest BCUT2D eigenvalue weighted by molar-refractivity contribution is 5.92. The van der Waals surface area contributed by atoms with Crippen LogP contribution >= 0.6 is 0 Å². The lowest BCUT2D eigenvalue weighted by molar-refractivity contribution is -0.117. The summed E-state index contributed by atoms with van der Waals surface area (Å²) in [5.74, 6) is 1.32. The number of anilines is 1. The van der Waals surface area contributed by atoms with Crippen LogP contribution in [-0.2, 0) is 11.3 Å². The molecular weight excluding hydrogens is 264 g/mol. The van der Waals surface area contributed by atoms with Crippen LogP contribution in [0.5, 0.6) is 0 Å². The van der Waals surface area contributed by atoms with E-state index in [1.165, 1.54) is 5.56 Å². The van der Waals surface area contributed by atoms with Crippen molar-refractivity contribution in [3.63, 3.8) is 0 Å². The molecule has 0 saturated carbocycles. The molecule has 0 aliphatic heterocycles. The Kier molecular flexibility index (Phi) is 5.17. The molecule has 0 aliphatic rings. The summed E-state index contributed by atoms with van der Waals surface area (Å²) in [6.07, 6.45) is 1.64. The Balaban J connectivity index is 1.83. The van der Waals surface area contributed by atoms with E-state index in [4.69, 9.17) is 4.42 Å². The molecule has 2 aromatic rings. The number of benzene rings is 1. The fraction of sp³-hybridized carbons (Fsp3) is 0.353. The Labute approximate surface area is 125 Å². The van der Waals surface area contributed by atoms with Gasteiger partial charge in [0.15, 0.2) is 0 Å². The normalized spacial score (nSPS) is 11.1. The van der Waals surface area contributed by atoms with Crippen LogP contribution in [0.2, 0.25) is 0 Å². The number of hydrogen-bond donors (Lipinski definition) is 1. The van der Waals surface area contributed by atoms with E-state index in [0.29, 0.717) is 19.0 Å². The third-order valence-corrected chi connectivity index (χ3v) is 3.28. The van der Waals surface area contributed by atoms with E-state index in [0.717, 1.165) is 11.4 Å². The second-order valence-corrected chi connectivity index (χ2v) is 5.58. The molecule has 0 aliphatic carbocycles. The maximum atomic E-state index is 12.0. The lowest BCUT2D eigenvalue weighted by Crippen LogP contribution is -2.29. The van der Waals surface area contributed by atoms with Crippen molar-refractivity contribution >= 4 is 11.6 Å². The van der Waals surface area contributed by atoms with Crippen molar-refractivity contribution in [2.45, 2.75) is 26.3 Å². The summed E-state index contributed by atoms with van der Waals surface area (Å²) in [6.45, 7) is 5.24. The molecule has 0 bridgehead atoms. The minimum Gasteiger partial charge on any atom is -0.468 e. The van der Waals surface area contributed by atoms with Gasteiger partial charge in [0.25, 0.3) is 0 Å². The fourth-order valence-corrected chi connectivity index (χ4v) is 2.12. The van der Waals surface area contributed by atoms with Crippen LogP contribution in [0.3, 0.4) is 0 Å². The molecule has 1 N–H and O–H groups in total. The van der Waals surface area contributed by atoms with Crippen LogP contribution in [0.25, 0.3) is 0 Å². The van der Waals surface area contributed by atoms with Gasteiger partial charge in [0.1, 0.15) is 5.76 Å². The van der Waals surface area contributed by atoms with Gasteiger partial charge in [0.05, 0.1) is 19.4 Å². The third-order valence-electron chi connectivity index (χ3n) is 3.28. The van der Waals surface area contributed by atoms with Crippen LogP contribution in [0.15, 0.2) is 47.1 Å². The lowest BCUT2D eigenvalue weighted by Gasteiger charge is -2.15. The Morgan fingerprint density at radius 1 is 1.24 bits per heavy atom. The Bertz CT molecular complexity index is 559. The SMILES string of the molecule is CC(C)c1ccc(NC(=O)CN(C)Cc2ccco2)cc1. The van der Waals surface area contributed by atoms with Gasteiger partial charge in [-0.25, -0.2) is 0 Å². The highest BCUT2D eigenvalue weighted by Gasteiger charge is 2.09. The van der Waals surface area contributed by atoms with Gasteiger partial charge in [0.2, 0.25) is 5.91 Å². The summed E-state index contributed by atoms with van der Waals surface area (Å²) in [4.78, 5) is 13.9. The van der Waals surface area contributed by atoms with Gasteiger partial charge < -0.3 is 9.73 Å². The first-order valence-electron chi connectivity index (χ1n) is 7.15. The molecule has 0 radical (unpaired) electrons. The number of furan rings is 1. The maximum absolute atomic E-state index is 12.0. The number of hydrogen-bond acceptors (Lipinski definition) is 3. The molecule has 2 rings (SSSR count). The number of rotatable bonds is 6. The molecule has 21 heavy (non-hydrogen) atoms. The molecule has 0 atom stereocenters. The minimum absolute atomic E-state index is 0.0265. The highest BCUT2D eigenvalue weighted by Crippen LogP contribution is 2.17. The molecule has 0 unspecified atom stereocenters. The average Bonchev–Trinajstić information content (AvgIpc) is 2.91. The summed E-state index contributed by atoms with van der Waals surface area (Å²) in [6, 6.07) is 11.7. The van der Waals surface area contributed by atoms with Crippen LogP contribution in [0, 0.1) is 0 Å². The van der Waals surface area contributed by atoms with Crippen LogP contribution in [0.1, 0.15) is 31.1 Å². The highest BCUT2D eigenvalue weighted by atomic mass is 16.3. The van der Waals surface area contributed by atoms with Crippen molar-refractivity contribution in [2.75, 3.05) is 18.9 Å². The predicted octanol–water partition coefficient (Wildman–Crippen LogP) is 3.47. The van der Waals surface area contributed by atoms with E-state index in [9.17, 15) is 4.79 Å². The molecule has 0 fully saturated rings. The van der Waals surface area contributed by atoms with Crippen molar-refractivity contribution in [1.29, 1.82) is 0 Å². The monoisotopic (exact) mass is 286 g/mol. The average molecular weight is 286 g/mol. The smallest absolute Gasteiger partial charge is 0.238 e. The molecule has 0 saturated heterocycles. The van der Waals surface area contributed by atoms with Gasteiger partial charge in [-0.05, 0) is 42.8 Å². The van der Waals surface area contributed by atoms with Crippen molar-refractivity contribution in [3.8, 4) is 0 Å². The Morgan fingerprint density at radius 3 is 2.52 bits per heavy atom. The van der Waals surface area contributed by atoms with Gasteiger partial charge >= 0.3 is 0 Å². The molecule has 1 aromatic carbocycles. The van der Waals surface area contributed by atoms with E-state index >= 15 is 0 Å². The van der Waals surface area contributed by atoms with Gasteiger partial charge in [-0.2, -0.15) is 0 Å². The van der Waals surface area contributed by atoms with E-state index in [1.807, 2.05) is 48.3 Å². The van der Waals surface area contributed by atoms with Crippen LogP contribution < -0.4 is 5.32 Å². The van der Waals surface area contributed by atoms with E-state index in [1.54, 1.807) is 6.26 Å². The molecule has 4 heteroatoms. The van der Waals surface area contributed by atoms with Crippen molar-refractivity contribution in [2.24, 2.45) is 0 Å². The summed E-state index contributed by atoms with van der Waals surface area (Å²) in [7, 11) is 1.89. The largest absolute Gasteiger partial charge is 0.468 e. The second kappa shape index (κ2) is 7.09. The molecule has 0 spiro atoms. The quantitative estimate of drug-likeness (QED) is 0.884. The maximum Gasteiger partial charge on any atom is 0.238 e. The lowest BCUT2D eigenvalue weighted by atomic mass is 10.0. The van der Waals surface area contributed by atoms with Crippen molar-refractivity contribution in [3.05, 3.63) is 54.0 Å². The first kappa shape index (κ1) is 15.3. The number of likely N-dealkylation sites (N-methyl/N-ethyl adjacent to an activating group) is 1. The number of nitrogens with one attached hydrogen (secondary N) is 1. The van der Waals surface area contributed by atoms with E-state index < -0.39 is 0 Å². The van der Waals surface area contributed by atoms with Gasteiger partial charge in [-0.1, -0.05) is 26.0 Å². The Morgan fingerprint density at radius 2 is 1.95 bits per heavy atom. The van der Waals surface area contributed by atoms with Crippen molar-refractivity contribution < 1.29 is 9.21 Å². The number of carbonyl (C=O) groups excluding carboxylic acids is 1. The predicted molar refractivity (Wildman–Crippen MR) is 84.2 cm³/mol. The first-order valence-corrected chi connectivity index (χ1v) is 7.15. The van der Waals surface area contributed by atoms with Crippen LogP contribution in [0.4, 0.5) is 5.69 Å². The summed E-state index contributed by atoms with van der Waals surface area (Å²) >= 11 is 0. The summed E-state index contributed by atoms with van der Waals surface area (Å²) < 4.78 is 5.27. The van der Waals surface area contributed by atoms with Gasteiger partial charge in [0, 0.05) is 5.69 Å². The fourth-order valence-electron chi connectivity index (χ4n) is 2.12. The standard InChI is InChI=1S/C17H22N2O2/c1-13(2)14-6-8-15(9-7-14)18-17(20)12-19(3)11-16-5-4-10-21-16/h4-10,13H,11-12H2,1-3H3,(H,18,20). The zero-order chi connectivity index (χ0) is 15.2. The van der Waals surface area contributed by atoms with Crippen LogP contribution in [-0.4, -0.2) is 24.4 Å². The molecule has 1 amide bonds. The summed E-state index contributed by atoms with van der Waals surface area (Å²) in [5.41, 5.74) is 2.10. The second-order valence-electron chi connectivity index (χ2n) is 5.58. The Hall–Kier alpha value is -2.07.